The Balaban J connectivity index is 1.39. The maximum atomic E-state index is 13.1. The van der Waals surface area contributed by atoms with Gasteiger partial charge < -0.3 is 15.1 Å². The van der Waals surface area contributed by atoms with Crippen molar-refractivity contribution in [3.63, 3.8) is 0 Å². The second-order valence-corrected chi connectivity index (χ2v) is 7.13. The molecule has 2 aliphatic heterocycles. The molecule has 2 heterocycles. The lowest BCUT2D eigenvalue weighted by Gasteiger charge is -2.34. The largest absolute Gasteiger partial charge is 0.337 e. The third-order valence-electron chi connectivity index (χ3n) is 5.26. The molecular weight excluding hydrogens is 324 g/mol. The van der Waals surface area contributed by atoms with Gasteiger partial charge in [0.15, 0.2) is 0 Å². The van der Waals surface area contributed by atoms with E-state index < -0.39 is 5.92 Å². The minimum absolute atomic E-state index is 0.138. The Morgan fingerprint density at radius 2 is 1.88 bits per heavy atom. The van der Waals surface area contributed by atoms with Crippen LogP contribution in [0.3, 0.4) is 0 Å². The van der Waals surface area contributed by atoms with Crippen molar-refractivity contribution in [2.24, 2.45) is 0 Å². The molecule has 0 aliphatic carbocycles. The topological polar surface area (TPSA) is 35.6 Å². The van der Waals surface area contributed by atoms with Crippen LogP contribution in [-0.2, 0) is 0 Å². The maximum Gasteiger partial charge on any atom is 0.317 e. The van der Waals surface area contributed by atoms with E-state index >= 15 is 0 Å². The summed E-state index contributed by atoms with van der Waals surface area (Å²) in [5.41, 5.74) is 1.38. The van der Waals surface area contributed by atoms with E-state index in [2.05, 4.69) is 34.5 Å². The van der Waals surface area contributed by atoms with Crippen molar-refractivity contribution in [1.82, 2.24) is 15.1 Å². The summed E-state index contributed by atoms with van der Waals surface area (Å²) in [6.45, 7) is 3.70. The molecule has 6 heteroatoms. The number of nitrogens with one attached hydrogen (secondary N) is 1. The van der Waals surface area contributed by atoms with E-state index in [1.54, 1.807) is 0 Å². The van der Waals surface area contributed by atoms with Gasteiger partial charge in [0.1, 0.15) is 0 Å². The number of piperidine rings is 2. The molecule has 1 N–H and O–H groups in total. The predicted molar refractivity (Wildman–Crippen MR) is 94.0 cm³/mol. The zero-order valence-electron chi connectivity index (χ0n) is 14.6. The van der Waals surface area contributed by atoms with Gasteiger partial charge in [-0.2, -0.15) is 0 Å². The standard InChI is InChI=1S/C19H27F2N3O/c20-19(21)8-12-24(13-9-19)18(25)22-10-14-23-11-4-7-17(15-23)16-5-2-1-3-6-16/h1-3,5-6,17H,4,7-15H2,(H,22,25)/t17-/m0/s1. The highest BCUT2D eigenvalue weighted by Crippen LogP contribution is 2.28. The van der Waals surface area contributed by atoms with Crippen LogP contribution in [0.2, 0.25) is 0 Å². The van der Waals surface area contributed by atoms with Gasteiger partial charge in [-0.25, -0.2) is 13.6 Å². The number of rotatable bonds is 4. The Morgan fingerprint density at radius 1 is 1.16 bits per heavy atom. The normalized spacial score (nSPS) is 24.1. The van der Waals surface area contributed by atoms with E-state index in [1.807, 2.05) is 6.07 Å². The van der Waals surface area contributed by atoms with Crippen LogP contribution in [0.4, 0.5) is 13.6 Å². The van der Waals surface area contributed by atoms with Crippen molar-refractivity contribution < 1.29 is 13.6 Å². The molecule has 2 amide bonds. The summed E-state index contributed by atoms with van der Waals surface area (Å²) >= 11 is 0. The zero-order chi connectivity index (χ0) is 17.7. The van der Waals surface area contributed by atoms with Crippen LogP contribution in [0.15, 0.2) is 30.3 Å². The fourth-order valence-electron chi connectivity index (χ4n) is 3.73. The van der Waals surface area contributed by atoms with Crippen LogP contribution in [0.1, 0.15) is 37.2 Å². The Bertz CT molecular complexity index is 557. The molecule has 0 spiro atoms. The predicted octanol–water partition coefficient (Wildman–Crippen LogP) is 3.31. The third kappa shape index (κ3) is 5.14. The number of carbonyl (C=O) groups is 1. The van der Waals surface area contributed by atoms with E-state index in [9.17, 15) is 13.6 Å². The van der Waals surface area contributed by atoms with Gasteiger partial charge in [0.05, 0.1) is 0 Å². The van der Waals surface area contributed by atoms with E-state index in [0.717, 1.165) is 26.1 Å². The quantitative estimate of drug-likeness (QED) is 0.903. The number of alkyl halides is 2. The summed E-state index contributed by atoms with van der Waals surface area (Å²) in [5, 5.41) is 2.88. The van der Waals surface area contributed by atoms with Crippen LogP contribution >= 0.6 is 0 Å². The molecule has 2 saturated heterocycles. The highest BCUT2D eigenvalue weighted by Gasteiger charge is 2.35. The van der Waals surface area contributed by atoms with E-state index in [1.165, 1.54) is 16.9 Å². The van der Waals surface area contributed by atoms with Crippen LogP contribution in [0, 0.1) is 0 Å². The van der Waals surface area contributed by atoms with Gasteiger partial charge in [-0.1, -0.05) is 30.3 Å². The number of benzene rings is 1. The highest BCUT2D eigenvalue weighted by atomic mass is 19.3. The van der Waals surface area contributed by atoms with Crippen molar-refractivity contribution in [1.29, 1.82) is 0 Å². The molecular formula is C19H27F2N3O. The van der Waals surface area contributed by atoms with E-state index in [0.29, 0.717) is 12.5 Å². The average Bonchev–Trinajstić information content (AvgIpc) is 2.62. The molecule has 0 saturated carbocycles. The number of hydrogen-bond acceptors (Lipinski definition) is 2. The Labute approximate surface area is 148 Å². The van der Waals surface area contributed by atoms with Crippen LogP contribution in [-0.4, -0.2) is 61.0 Å². The van der Waals surface area contributed by atoms with Crippen molar-refractivity contribution in [3.8, 4) is 0 Å². The van der Waals surface area contributed by atoms with Gasteiger partial charge in [-0.3, -0.25) is 0 Å². The van der Waals surface area contributed by atoms with Gasteiger partial charge in [-0.15, -0.1) is 0 Å². The minimum Gasteiger partial charge on any atom is -0.337 e. The van der Waals surface area contributed by atoms with Gasteiger partial charge in [0.25, 0.3) is 5.92 Å². The Kier molecular flexibility index (Phi) is 5.89. The Morgan fingerprint density at radius 3 is 2.60 bits per heavy atom. The Hall–Kier alpha value is -1.69. The zero-order valence-corrected chi connectivity index (χ0v) is 14.6. The van der Waals surface area contributed by atoms with Crippen LogP contribution in [0.25, 0.3) is 0 Å². The molecule has 0 bridgehead atoms. The molecule has 2 fully saturated rings. The summed E-state index contributed by atoms with van der Waals surface area (Å²) in [6, 6.07) is 10.3. The molecule has 25 heavy (non-hydrogen) atoms. The number of nitrogens with zero attached hydrogens (tertiary/aromatic N) is 2. The van der Waals surface area contributed by atoms with E-state index in [4.69, 9.17) is 0 Å². The number of urea groups is 1. The monoisotopic (exact) mass is 351 g/mol. The lowest BCUT2D eigenvalue weighted by atomic mass is 9.91. The molecule has 4 nitrogen and oxygen atoms in total. The van der Waals surface area contributed by atoms with Crippen molar-refractivity contribution in [2.75, 3.05) is 39.3 Å². The fourth-order valence-corrected chi connectivity index (χ4v) is 3.73. The highest BCUT2D eigenvalue weighted by molar-refractivity contribution is 5.74. The summed E-state index contributed by atoms with van der Waals surface area (Å²) in [4.78, 5) is 16.0. The van der Waals surface area contributed by atoms with Crippen LogP contribution in [0.5, 0.6) is 0 Å². The first kappa shape index (κ1) is 18.1. The summed E-state index contributed by atoms with van der Waals surface area (Å²) < 4.78 is 26.3. The summed E-state index contributed by atoms with van der Waals surface area (Å²) in [7, 11) is 0. The lowest BCUT2D eigenvalue weighted by molar-refractivity contribution is -0.0469. The molecule has 0 unspecified atom stereocenters. The molecule has 2 aliphatic rings. The van der Waals surface area contributed by atoms with Gasteiger partial charge in [0.2, 0.25) is 0 Å². The first-order valence-electron chi connectivity index (χ1n) is 9.21. The van der Waals surface area contributed by atoms with Crippen molar-refractivity contribution in [3.05, 3.63) is 35.9 Å². The smallest absolute Gasteiger partial charge is 0.317 e. The minimum atomic E-state index is -2.61. The second-order valence-electron chi connectivity index (χ2n) is 7.13. The third-order valence-corrected chi connectivity index (χ3v) is 5.26. The molecule has 0 radical (unpaired) electrons. The van der Waals surface area contributed by atoms with Gasteiger partial charge in [-0.05, 0) is 30.9 Å². The molecule has 138 valence electrons. The molecule has 1 atom stereocenters. The number of likely N-dealkylation sites (tertiary alicyclic amines) is 2. The number of halogens is 2. The molecule has 3 rings (SSSR count). The van der Waals surface area contributed by atoms with Crippen molar-refractivity contribution in [2.45, 2.75) is 37.5 Å². The second kappa shape index (κ2) is 8.13. The van der Waals surface area contributed by atoms with Gasteiger partial charge >= 0.3 is 6.03 Å². The van der Waals surface area contributed by atoms with Crippen molar-refractivity contribution >= 4 is 6.03 Å². The fraction of sp³-hybridized carbons (Fsp3) is 0.632. The summed E-state index contributed by atoms with van der Waals surface area (Å²) in [6.07, 6.45) is 1.90. The lowest BCUT2D eigenvalue weighted by Crippen LogP contribution is -2.49. The molecule has 1 aromatic carbocycles. The first-order valence-corrected chi connectivity index (χ1v) is 9.21. The molecule has 0 aromatic heterocycles. The maximum absolute atomic E-state index is 13.1. The molecule has 1 aromatic rings. The number of hydrogen-bond donors (Lipinski definition) is 1. The number of carbonyl (C=O) groups excluding carboxylic acids is 1. The first-order chi connectivity index (χ1) is 12.0. The number of amides is 2. The van der Waals surface area contributed by atoms with Crippen LogP contribution < -0.4 is 5.32 Å². The summed E-state index contributed by atoms with van der Waals surface area (Å²) in [5.74, 6) is -2.06. The van der Waals surface area contributed by atoms with E-state index in [-0.39, 0.29) is 32.0 Å². The average molecular weight is 351 g/mol. The SMILES string of the molecule is O=C(NCCN1CCC[C@H](c2ccccc2)C1)N1CCC(F)(F)CC1. The van der Waals surface area contributed by atoms with Gasteiger partial charge in [0, 0.05) is 45.6 Å².